The second-order valence-electron chi connectivity index (χ2n) is 4.78. The maximum atomic E-state index is 12.4. The monoisotopic (exact) mass is 351 g/mol. The van der Waals surface area contributed by atoms with E-state index in [9.17, 15) is 4.79 Å². The first-order chi connectivity index (χ1) is 9.40. The topological polar surface area (TPSA) is 29.1 Å². The Kier molecular flexibility index (Phi) is 4.51. The molecule has 1 N–H and O–H groups in total. The number of hydrogen-bond acceptors (Lipinski definition) is 1. The number of nitrogens with one attached hydrogen (secondary N) is 1. The van der Waals surface area contributed by atoms with Crippen LogP contribution < -0.4 is 5.32 Å². The van der Waals surface area contributed by atoms with E-state index in [0.29, 0.717) is 16.3 Å². The highest BCUT2D eigenvalue weighted by molar-refractivity contribution is 9.10. The van der Waals surface area contributed by atoms with E-state index in [-0.39, 0.29) is 5.91 Å². The van der Waals surface area contributed by atoms with E-state index in [1.165, 1.54) is 0 Å². The van der Waals surface area contributed by atoms with E-state index >= 15 is 0 Å². The highest BCUT2D eigenvalue weighted by atomic mass is 79.9. The molecule has 2 rings (SSSR count). The first-order valence-corrected chi connectivity index (χ1v) is 7.40. The number of amides is 1. The fourth-order valence-electron chi connectivity index (χ4n) is 1.93. The number of rotatable bonds is 2. The molecule has 104 valence electrons. The van der Waals surface area contributed by atoms with Crippen LogP contribution in [0.4, 0.5) is 5.69 Å². The maximum absolute atomic E-state index is 12.4. The smallest absolute Gasteiger partial charge is 0.255 e. The van der Waals surface area contributed by atoms with Gasteiger partial charge in [-0.25, -0.2) is 0 Å². The summed E-state index contributed by atoms with van der Waals surface area (Å²) in [5, 5.41) is 3.52. The quantitative estimate of drug-likeness (QED) is 0.782. The van der Waals surface area contributed by atoms with Crippen LogP contribution in [0.15, 0.2) is 34.8 Å². The van der Waals surface area contributed by atoms with Gasteiger partial charge in [-0.05, 0) is 71.6 Å². The largest absolute Gasteiger partial charge is 0.321 e. The molecule has 0 aliphatic carbocycles. The number of benzene rings is 2. The number of hydrogen-bond donors (Lipinski definition) is 1. The van der Waals surface area contributed by atoms with Crippen LogP contribution >= 0.6 is 27.5 Å². The van der Waals surface area contributed by atoms with Crippen molar-refractivity contribution in [1.29, 1.82) is 0 Å². The van der Waals surface area contributed by atoms with Crippen molar-refractivity contribution in [3.8, 4) is 0 Å². The molecular weight excluding hydrogens is 338 g/mol. The second-order valence-corrected chi connectivity index (χ2v) is 6.04. The molecule has 2 aromatic carbocycles. The molecule has 0 aliphatic rings. The molecule has 0 unspecified atom stereocenters. The summed E-state index contributed by atoms with van der Waals surface area (Å²) in [7, 11) is 0. The fourth-order valence-corrected chi connectivity index (χ4v) is 2.65. The first-order valence-electron chi connectivity index (χ1n) is 6.23. The van der Waals surface area contributed by atoms with Crippen LogP contribution in [0, 0.1) is 20.8 Å². The maximum Gasteiger partial charge on any atom is 0.255 e. The predicted molar refractivity (Wildman–Crippen MR) is 87.8 cm³/mol. The van der Waals surface area contributed by atoms with E-state index in [4.69, 9.17) is 11.6 Å². The Morgan fingerprint density at radius 3 is 2.55 bits per heavy atom. The highest BCUT2D eigenvalue weighted by Gasteiger charge is 2.12. The fraction of sp³-hybridized carbons (Fsp3) is 0.188. The van der Waals surface area contributed by atoms with Crippen LogP contribution in [0.5, 0.6) is 0 Å². The van der Waals surface area contributed by atoms with Crippen molar-refractivity contribution in [2.75, 3.05) is 5.32 Å². The minimum Gasteiger partial charge on any atom is -0.321 e. The number of halogens is 2. The van der Waals surface area contributed by atoms with Crippen LogP contribution in [0.1, 0.15) is 27.0 Å². The van der Waals surface area contributed by atoms with Crippen LogP contribution in [-0.4, -0.2) is 5.91 Å². The third-order valence-electron chi connectivity index (χ3n) is 3.35. The molecular formula is C16H15BrClNO. The summed E-state index contributed by atoms with van der Waals surface area (Å²) in [6.45, 7) is 5.86. The Hall–Kier alpha value is -1.32. The number of aryl methyl sites for hydroxylation is 2. The molecule has 4 heteroatoms. The summed E-state index contributed by atoms with van der Waals surface area (Å²) in [6, 6.07) is 9.34. The lowest BCUT2D eigenvalue weighted by Gasteiger charge is -2.12. The van der Waals surface area contributed by atoms with Crippen molar-refractivity contribution in [2.45, 2.75) is 20.8 Å². The van der Waals surface area contributed by atoms with Gasteiger partial charge in [-0.3, -0.25) is 4.79 Å². The van der Waals surface area contributed by atoms with Gasteiger partial charge in [0.05, 0.1) is 5.69 Å². The van der Waals surface area contributed by atoms with Gasteiger partial charge < -0.3 is 5.32 Å². The lowest BCUT2D eigenvalue weighted by atomic mass is 10.0. The minimum atomic E-state index is -0.133. The lowest BCUT2D eigenvalue weighted by Crippen LogP contribution is -2.14. The zero-order valence-electron chi connectivity index (χ0n) is 11.6. The number of carbonyl (C=O) groups excluding carboxylic acids is 1. The molecule has 0 radical (unpaired) electrons. The summed E-state index contributed by atoms with van der Waals surface area (Å²) < 4.78 is 0.818. The Morgan fingerprint density at radius 2 is 1.85 bits per heavy atom. The molecule has 0 atom stereocenters. The SMILES string of the molecule is Cc1cc(Br)c(NC(=O)c2cccc(C)c2C)cc1Cl. The van der Waals surface area contributed by atoms with Gasteiger partial charge in [0.1, 0.15) is 0 Å². The van der Waals surface area contributed by atoms with Gasteiger partial charge in [0.25, 0.3) is 5.91 Å². The first kappa shape index (κ1) is 15.1. The van der Waals surface area contributed by atoms with Crippen LogP contribution in [0.2, 0.25) is 5.02 Å². The summed E-state index contributed by atoms with van der Waals surface area (Å²) >= 11 is 9.54. The Morgan fingerprint density at radius 1 is 1.15 bits per heavy atom. The molecule has 0 heterocycles. The molecule has 0 aromatic heterocycles. The zero-order chi connectivity index (χ0) is 14.9. The van der Waals surface area contributed by atoms with Crippen molar-refractivity contribution < 1.29 is 4.79 Å². The van der Waals surface area contributed by atoms with E-state index < -0.39 is 0 Å². The normalized spacial score (nSPS) is 10.4. The van der Waals surface area contributed by atoms with Crippen molar-refractivity contribution >= 4 is 39.1 Å². The van der Waals surface area contributed by atoms with Gasteiger partial charge in [-0.2, -0.15) is 0 Å². The molecule has 0 saturated heterocycles. The van der Waals surface area contributed by atoms with Crippen LogP contribution in [0.25, 0.3) is 0 Å². The Labute approximate surface area is 132 Å². The third kappa shape index (κ3) is 3.05. The molecule has 2 aromatic rings. The molecule has 0 bridgehead atoms. The third-order valence-corrected chi connectivity index (χ3v) is 4.41. The predicted octanol–water partition coefficient (Wildman–Crippen LogP) is 5.28. The van der Waals surface area contributed by atoms with E-state index in [2.05, 4.69) is 21.2 Å². The van der Waals surface area contributed by atoms with Gasteiger partial charge in [0.2, 0.25) is 0 Å². The van der Waals surface area contributed by atoms with Gasteiger partial charge in [0, 0.05) is 15.1 Å². The van der Waals surface area contributed by atoms with E-state index in [0.717, 1.165) is 21.2 Å². The standard InChI is InChI=1S/C16H15BrClNO/c1-9-5-4-6-12(11(9)3)16(20)19-15-8-14(18)10(2)7-13(15)17/h4-8H,1-3H3,(H,19,20). The average Bonchev–Trinajstić information content (AvgIpc) is 2.39. The summed E-state index contributed by atoms with van der Waals surface area (Å²) in [6.07, 6.45) is 0. The van der Waals surface area contributed by atoms with Crippen LogP contribution in [-0.2, 0) is 0 Å². The minimum absolute atomic E-state index is 0.133. The van der Waals surface area contributed by atoms with Crippen molar-refractivity contribution in [2.24, 2.45) is 0 Å². The van der Waals surface area contributed by atoms with Crippen LogP contribution in [0.3, 0.4) is 0 Å². The van der Waals surface area contributed by atoms with Crippen molar-refractivity contribution in [3.05, 3.63) is 62.1 Å². The molecule has 0 saturated carbocycles. The summed E-state index contributed by atoms with van der Waals surface area (Å²) in [4.78, 5) is 12.4. The summed E-state index contributed by atoms with van der Waals surface area (Å²) in [5.74, 6) is -0.133. The molecule has 0 aliphatic heterocycles. The molecule has 0 fully saturated rings. The lowest BCUT2D eigenvalue weighted by molar-refractivity contribution is 0.102. The van der Waals surface area contributed by atoms with Gasteiger partial charge in [-0.1, -0.05) is 23.7 Å². The van der Waals surface area contributed by atoms with Gasteiger partial charge in [0.15, 0.2) is 0 Å². The van der Waals surface area contributed by atoms with Gasteiger partial charge >= 0.3 is 0 Å². The Bertz CT molecular complexity index is 682. The van der Waals surface area contributed by atoms with E-state index in [1.54, 1.807) is 6.07 Å². The molecule has 1 amide bonds. The second kappa shape index (κ2) is 5.98. The van der Waals surface area contributed by atoms with Gasteiger partial charge in [-0.15, -0.1) is 0 Å². The summed E-state index contributed by atoms with van der Waals surface area (Å²) in [5.41, 5.74) is 4.39. The average molecular weight is 353 g/mol. The molecule has 0 spiro atoms. The highest BCUT2D eigenvalue weighted by Crippen LogP contribution is 2.29. The van der Waals surface area contributed by atoms with Crippen molar-refractivity contribution in [3.63, 3.8) is 0 Å². The number of anilines is 1. The molecule has 2 nitrogen and oxygen atoms in total. The van der Waals surface area contributed by atoms with Crippen molar-refractivity contribution in [1.82, 2.24) is 0 Å². The number of carbonyl (C=O) groups is 1. The Balaban J connectivity index is 2.33. The zero-order valence-corrected chi connectivity index (χ0v) is 13.9. The van der Waals surface area contributed by atoms with E-state index in [1.807, 2.05) is 45.0 Å². The molecule has 20 heavy (non-hydrogen) atoms.